The summed E-state index contributed by atoms with van der Waals surface area (Å²) in [6.45, 7) is 14.1. The van der Waals surface area contributed by atoms with Crippen molar-refractivity contribution in [2.45, 2.75) is 91.9 Å². The van der Waals surface area contributed by atoms with Gasteiger partial charge in [0.25, 0.3) is 0 Å². The van der Waals surface area contributed by atoms with Gasteiger partial charge < -0.3 is 0 Å². The summed E-state index contributed by atoms with van der Waals surface area (Å²) in [5.74, 6) is 2.54. The average molecular weight is 303 g/mol. The summed E-state index contributed by atoms with van der Waals surface area (Å²) in [7, 11) is 0. The summed E-state index contributed by atoms with van der Waals surface area (Å²) >= 11 is 0. The molecule has 4 atom stereocenters. The fourth-order valence-corrected chi connectivity index (χ4v) is 4.53. The van der Waals surface area contributed by atoms with Crippen molar-refractivity contribution in [3.63, 3.8) is 0 Å². The Morgan fingerprint density at radius 3 is 2.18 bits per heavy atom. The van der Waals surface area contributed by atoms with Gasteiger partial charge in [-0.25, -0.2) is 0 Å². The topological polar surface area (TPSA) is 0 Å². The molecule has 2 rings (SSSR count). The molecule has 0 bridgehead atoms. The normalized spacial score (nSPS) is 38.5. The minimum absolute atomic E-state index is 0.413. The molecule has 0 radical (unpaired) electrons. The maximum atomic E-state index is 4.36. The Kier molecular flexibility index (Phi) is 6.36. The Morgan fingerprint density at radius 1 is 1.00 bits per heavy atom. The van der Waals surface area contributed by atoms with Crippen molar-refractivity contribution >= 4 is 0 Å². The number of hydrogen-bond acceptors (Lipinski definition) is 0. The van der Waals surface area contributed by atoms with Gasteiger partial charge in [-0.3, -0.25) is 0 Å². The molecule has 2 aliphatic carbocycles. The quantitative estimate of drug-likeness (QED) is 0.445. The Balaban J connectivity index is 2.10. The predicted octanol–water partition coefficient (Wildman–Crippen LogP) is 7.31. The molecule has 4 unspecified atom stereocenters. The zero-order valence-corrected chi connectivity index (χ0v) is 15.6. The van der Waals surface area contributed by atoms with Crippen LogP contribution in [-0.2, 0) is 0 Å². The molecule has 22 heavy (non-hydrogen) atoms. The summed E-state index contributed by atoms with van der Waals surface area (Å²) < 4.78 is 0. The van der Waals surface area contributed by atoms with E-state index in [4.69, 9.17) is 0 Å². The van der Waals surface area contributed by atoms with Crippen LogP contribution in [0.5, 0.6) is 0 Å². The Hall–Kier alpha value is -0.520. The molecular weight excluding hydrogens is 264 g/mol. The van der Waals surface area contributed by atoms with Crippen molar-refractivity contribution in [2.75, 3.05) is 0 Å². The molecule has 0 amide bonds. The van der Waals surface area contributed by atoms with Crippen molar-refractivity contribution in [1.29, 1.82) is 0 Å². The molecule has 1 saturated carbocycles. The lowest BCUT2D eigenvalue weighted by atomic mass is 9.81. The highest BCUT2D eigenvalue weighted by molar-refractivity contribution is 5.42. The van der Waals surface area contributed by atoms with Crippen molar-refractivity contribution in [2.24, 2.45) is 23.2 Å². The molecule has 1 fully saturated rings. The molecule has 0 aliphatic heterocycles. The van der Waals surface area contributed by atoms with Gasteiger partial charge in [-0.2, -0.15) is 0 Å². The molecule has 0 aromatic heterocycles. The summed E-state index contributed by atoms with van der Waals surface area (Å²) in [4.78, 5) is 0. The van der Waals surface area contributed by atoms with Crippen LogP contribution in [-0.4, -0.2) is 0 Å². The second kappa shape index (κ2) is 7.84. The fraction of sp³-hybridized carbons (Fsp3) is 0.818. The highest BCUT2D eigenvalue weighted by Gasteiger charge is 2.48. The number of hydrogen-bond donors (Lipinski definition) is 0. The molecule has 1 spiro atoms. The molecule has 0 heterocycles. The minimum Gasteiger partial charge on any atom is -0.0989 e. The van der Waals surface area contributed by atoms with Gasteiger partial charge in [0.2, 0.25) is 0 Å². The van der Waals surface area contributed by atoms with Crippen LogP contribution >= 0.6 is 0 Å². The lowest BCUT2D eigenvalue weighted by Gasteiger charge is -2.24. The van der Waals surface area contributed by atoms with Crippen LogP contribution < -0.4 is 0 Å². The van der Waals surface area contributed by atoms with Crippen LogP contribution in [0.25, 0.3) is 0 Å². The predicted molar refractivity (Wildman–Crippen MR) is 99.0 cm³/mol. The maximum Gasteiger partial charge on any atom is 0.0155 e. The zero-order valence-electron chi connectivity index (χ0n) is 15.6. The first-order chi connectivity index (χ1) is 10.5. The van der Waals surface area contributed by atoms with Gasteiger partial charge in [0.05, 0.1) is 0 Å². The average Bonchev–Trinajstić information content (AvgIpc) is 3.14. The van der Waals surface area contributed by atoms with Crippen LogP contribution in [0.4, 0.5) is 0 Å². The third-order valence-corrected chi connectivity index (χ3v) is 6.60. The summed E-state index contributed by atoms with van der Waals surface area (Å²) in [6, 6.07) is 0. The van der Waals surface area contributed by atoms with Gasteiger partial charge in [-0.1, -0.05) is 90.0 Å². The van der Waals surface area contributed by atoms with E-state index in [9.17, 15) is 0 Å². The van der Waals surface area contributed by atoms with Crippen LogP contribution in [0.1, 0.15) is 91.9 Å². The molecule has 0 N–H and O–H groups in total. The van der Waals surface area contributed by atoms with E-state index in [2.05, 4.69) is 40.3 Å². The highest BCUT2D eigenvalue weighted by atomic mass is 14.5. The lowest BCUT2D eigenvalue weighted by molar-refractivity contribution is 0.314. The maximum absolute atomic E-state index is 4.36. The molecule has 0 aromatic rings. The van der Waals surface area contributed by atoms with E-state index in [0.717, 1.165) is 17.8 Å². The van der Waals surface area contributed by atoms with Gasteiger partial charge in [0, 0.05) is 5.41 Å². The second-order valence-corrected chi connectivity index (χ2v) is 8.37. The number of rotatable bonds is 1. The fourth-order valence-electron chi connectivity index (χ4n) is 4.53. The van der Waals surface area contributed by atoms with Gasteiger partial charge in [-0.15, -0.1) is 0 Å². The van der Waals surface area contributed by atoms with E-state index < -0.39 is 0 Å². The van der Waals surface area contributed by atoms with Gasteiger partial charge in [-0.05, 0) is 43.4 Å². The van der Waals surface area contributed by atoms with Crippen LogP contribution in [0.15, 0.2) is 23.8 Å². The van der Waals surface area contributed by atoms with Gasteiger partial charge in [0.1, 0.15) is 0 Å². The van der Waals surface area contributed by atoms with Crippen molar-refractivity contribution in [1.82, 2.24) is 0 Å². The number of allylic oxidation sites excluding steroid dienone is 3. The zero-order chi connectivity index (χ0) is 16.2. The first-order valence-corrected chi connectivity index (χ1v) is 9.89. The molecule has 0 heteroatoms. The van der Waals surface area contributed by atoms with E-state index in [0.29, 0.717) is 5.41 Å². The molecule has 0 saturated heterocycles. The Labute approximate surface area is 139 Å². The summed E-state index contributed by atoms with van der Waals surface area (Å²) in [5, 5.41) is 0. The smallest absolute Gasteiger partial charge is 0.0155 e. The molecule has 126 valence electrons. The highest BCUT2D eigenvalue weighted by Crippen LogP contribution is 2.61. The van der Waals surface area contributed by atoms with Crippen molar-refractivity contribution in [3.8, 4) is 0 Å². The standard InChI is InChI=1S/C22H38/c1-6-21-15-17(2)11-8-7-9-12-18(3)19(4)13-10-14-22(21)16-20(22)5/h15,17-19H,5-14,16H2,1-4H3. The summed E-state index contributed by atoms with van der Waals surface area (Å²) in [6.07, 6.45) is 16.3. The summed E-state index contributed by atoms with van der Waals surface area (Å²) in [5.41, 5.74) is 3.64. The molecule has 0 nitrogen and oxygen atoms in total. The first-order valence-electron chi connectivity index (χ1n) is 9.89. The van der Waals surface area contributed by atoms with Crippen LogP contribution in [0.2, 0.25) is 0 Å². The van der Waals surface area contributed by atoms with E-state index >= 15 is 0 Å². The Bertz CT molecular complexity index is 402. The monoisotopic (exact) mass is 302 g/mol. The van der Waals surface area contributed by atoms with Crippen LogP contribution in [0, 0.1) is 23.2 Å². The van der Waals surface area contributed by atoms with E-state index in [1.807, 2.05) is 0 Å². The van der Waals surface area contributed by atoms with Crippen molar-refractivity contribution < 1.29 is 0 Å². The third kappa shape index (κ3) is 4.27. The first kappa shape index (κ1) is 17.8. The van der Waals surface area contributed by atoms with Crippen LogP contribution in [0.3, 0.4) is 0 Å². The largest absolute Gasteiger partial charge is 0.0989 e. The van der Waals surface area contributed by atoms with E-state index in [1.54, 1.807) is 5.57 Å². The third-order valence-electron chi connectivity index (χ3n) is 6.60. The van der Waals surface area contributed by atoms with Crippen molar-refractivity contribution in [3.05, 3.63) is 23.8 Å². The second-order valence-electron chi connectivity index (χ2n) is 8.37. The molecule has 2 aliphatic rings. The Morgan fingerprint density at radius 2 is 1.59 bits per heavy atom. The van der Waals surface area contributed by atoms with Gasteiger partial charge >= 0.3 is 0 Å². The van der Waals surface area contributed by atoms with E-state index in [1.165, 1.54) is 69.8 Å². The minimum atomic E-state index is 0.413. The van der Waals surface area contributed by atoms with E-state index in [-0.39, 0.29) is 0 Å². The van der Waals surface area contributed by atoms with Gasteiger partial charge in [0.15, 0.2) is 0 Å². The SMILES string of the molecule is C=C1CC12CCCC(C)C(C)CCCCCC(C)C=C2CC. The molecular formula is C22H38. The molecule has 0 aromatic carbocycles. The lowest BCUT2D eigenvalue weighted by Crippen LogP contribution is -2.12.